The van der Waals surface area contributed by atoms with Crippen molar-refractivity contribution in [2.24, 2.45) is 0 Å². The molecule has 0 saturated heterocycles. The minimum Gasteiger partial charge on any atom is -0.463 e. The van der Waals surface area contributed by atoms with Gasteiger partial charge in [0.2, 0.25) is 5.91 Å². The van der Waals surface area contributed by atoms with Crippen LogP contribution < -0.4 is 5.32 Å². The van der Waals surface area contributed by atoms with Crippen molar-refractivity contribution in [3.63, 3.8) is 0 Å². The number of hydrogen-bond acceptors (Lipinski definition) is 6. The second kappa shape index (κ2) is 27.3. The summed E-state index contributed by atoms with van der Waals surface area (Å²) < 4.78 is 10.3. The summed E-state index contributed by atoms with van der Waals surface area (Å²) in [6, 6.07) is -0.733. The first-order valence-electron chi connectivity index (χ1n) is 16.3. The maximum absolute atomic E-state index is 12.5. The number of unbranched alkanes of at least 4 members (excludes halogenated alkanes) is 15. The molecule has 0 aliphatic heterocycles. The highest BCUT2D eigenvalue weighted by Gasteiger charge is 2.21. The van der Waals surface area contributed by atoms with Crippen molar-refractivity contribution in [2.45, 2.75) is 174 Å². The summed E-state index contributed by atoms with van der Waals surface area (Å²) in [4.78, 5) is 36.3. The molecule has 0 bridgehead atoms. The number of esters is 2. The second-order valence-electron chi connectivity index (χ2n) is 11.3. The van der Waals surface area contributed by atoms with Gasteiger partial charge in [-0.1, -0.05) is 116 Å². The Labute approximate surface area is 245 Å². The molecule has 234 valence electrons. The average Bonchev–Trinajstić information content (AvgIpc) is 2.91. The van der Waals surface area contributed by atoms with Crippen LogP contribution in [0.2, 0.25) is 0 Å². The summed E-state index contributed by atoms with van der Waals surface area (Å²) in [5.41, 5.74) is 0. The fraction of sp³-hybridized carbons (Fsp3) is 0.848. The number of carbonyl (C=O) groups excluding carboxylic acids is 3. The van der Waals surface area contributed by atoms with Crippen LogP contribution in [0.5, 0.6) is 0 Å². The molecule has 0 aromatic carbocycles. The summed E-state index contributed by atoms with van der Waals surface area (Å²) in [6.07, 6.45) is 22.9. The third kappa shape index (κ3) is 25.1. The van der Waals surface area contributed by atoms with Gasteiger partial charge in [0.05, 0.1) is 31.1 Å². The van der Waals surface area contributed by atoms with Crippen molar-refractivity contribution < 1.29 is 29.0 Å². The Hall–Kier alpha value is -1.89. The van der Waals surface area contributed by atoms with Crippen molar-refractivity contribution >= 4 is 17.8 Å². The molecule has 0 spiro atoms. The third-order valence-electron chi connectivity index (χ3n) is 6.90. The van der Waals surface area contributed by atoms with Crippen LogP contribution in [0.25, 0.3) is 0 Å². The van der Waals surface area contributed by atoms with Gasteiger partial charge >= 0.3 is 11.9 Å². The minimum absolute atomic E-state index is 0.0623. The van der Waals surface area contributed by atoms with Crippen molar-refractivity contribution in [2.75, 3.05) is 6.61 Å². The minimum atomic E-state index is -0.963. The Kier molecular flexibility index (Phi) is 26.0. The van der Waals surface area contributed by atoms with Gasteiger partial charge in [0.15, 0.2) is 0 Å². The van der Waals surface area contributed by atoms with E-state index in [1.165, 1.54) is 64.2 Å². The van der Waals surface area contributed by atoms with Gasteiger partial charge < -0.3 is 19.9 Å². The molecule has 0 unspecified atom stereocenters. The number of aliphatic hydroxyl groups is 1. The summed E-state index contributed by atoms with van der Waals surface area (Å²) in [7, 11) is 0. The van der Waals surface area contributed by atoms with Crippen LogP contribution in [-0.2, 0) is 23.9 Å². The first-order valence-corrected chi connectivity index (χ1v) is 16.3. The van der Waals surface area contributed by atoms with Gasteiger partial charge in [-0.2, -0.15) is 0 Å². The Morgan fingerprint density at radius 3 is 1.75 bits per heavy atom. The smallest absolute Gasteiger partial charge is 0.306 e. The SMILES string of the molecule is CCCCCCCCCCCCC/C=C/[C@@H](O)[C@H](COC(=O)CCC(=O)OC(C)C)NC(=O)CCCCCCC. The molecule has 0 rings (SSSR count). The summed E-state index contributed by atoms with van der Waals surface area (Å²) in [5.74, 6) is -1.17. The number of carbonyl (C=O) groups is 3. The van der Waals surface area contributed by atoms with Gasteiger partial charge in [-0.05, 0) is 33.1 Å². The normalized spacial score (nSPS) is 12.9. The van der Waals surface area contributed by atoms with Gasteiger partial charge in [0.25, 0.3) is 0 Å². The number of ether oxygens (including phenoxy) is 2. The molecule has 2 atom stereocenters. The lowest BCUT2D eigenvalue weighted by Gasteiger charge is -2.22. The molecule has 0 heterocycles. The van der Waals surface area contributed by atoms with Gasteiger partial charge in [-0.15, -0.1) is 0 Å². The predicted octanol–water partition coefficient (Wildman–Crippen LogP) is 7.72. The quantitative estimate of drug-likeness (QED) is 0.0598. The Balaban J connectivity index is 4.47. The Morgan fingerprint density at radius 1 is 0.700 bits per heavy atom. The van der Waals surface area contributed by atoms with Crippen LogP contribution in [0.4, 0.5) is 0 Å². The van der Waals surface area contributed by atoms with Crippen LogP contribution in [0.1, 0.15) is 156 Å². The monoisotopic (exact) mass is 567 g/mol. The van der Waals surface area contributed by atoms with E-state index in [9.17, 15) is 19.5 Å². The van der Waals surface area contributed by atoms with E-state index in [0.717, 1.165) is 44.9 Å². The van der Waals surface area contributed by atoms with Crippen LogP contribution in [0.3, 0.4) is 0 Å². The number of nitrogens with one attached hydrogen (secondary N) is 1. The molecule has 7 nitrogen and oxygen atoms in total. The van der Waals surface area contributed by atoms with Gasteiger partial charge in [-0.3, -0.25) is 14.4 Å². The van der Waals surface area contributed by atoms with E-state index >= 15 is 0 Å². The Morgan fingerprint density at radius 2 is 1.20 bits per heavy atom. The highest BCUT2D eigenvalue weighted by atomic mass is 16.5. The van der Waals surface area contributed by atoms with Crippen LogP contribution in [0.15, 0.2) is 12.2 Å². The van der Waals surface area contributed by atoms with Crippen molar-refractivity contribution in [1.82, 2.24) is 5.32 Å². The zero-order valence-electron chi connectivity index (χ0n) is 26.2. The van der Waals surface area contributed by atoms with Crippen LogP contribution >= 0.6 is 0 Å². The fourth-order valence-corrected chi connectivity index (χ4v) is 4.47. The van der Waals surface area contributed by atoms with E-state index in [2.05, 4.69) is 19.2 Å². The van der Waals surface area contributed by atoms with E-state index in [-0.39, 0.29) is 31.5 Å². The lowest BCUT2D eigenvalue weighted by atomic mass is 10.0. The molecular weight excluding hydrogens is 506 g/mol. The molecular formula is C33H61NO6. The van der Waals surface area contributed by atoms with E-state index < -0.39 is 24.1 Å². The molecule has 2 N–H and O–H groups in total. The van der Waals surface area contributed by atoms with Crippen molar-refractivity contribution in [3.05, 3.63) is 12.2 Å². The van der Waals surface area contributed by atoms with Crippen LogP contribution in [-0.4, -0.2) is 47.8 Å². The second-order valence-corrected chi connectivity index (χ2v) is 11.3. The number of rotatable bonds is 27. The largest absolute Gasteiger partial charge is 0.463 e. The highest BCUT2D eigenvalue weighted by Crippen LogP contribution is 2.12. The maximum Gasteiger partial charge on any atom is 0.306 e. The topological polar surface area (TPSA) is 102 Å². The van der Waals surface area contributed by atoms with Crippen molar-refractivity contribution in [1.29, 1.82) is 0 Å². The number of allylic oxidation sites excluding steroid dienone is 1. The van der Waals surface area contributed by atoms with E-state index in [0.29, 0.717) is 6.42 Å². The summed E-state index contributed by atoms with van der Waals surface area (Å²) >= 11 is 0. The summed E-state index contributed by atoms with van der Waals surface area (Å²) in [5, 5.41) is 13.6. The molecule has 0 aromatic heterocycles. The molecule has 0 radical (unpaired) electrons. The van der Waals surface area contributed by atoms with Gasteiger partial charge in [-0.25, -0.2) is 0 Å². The fourth-order valence-electron chi connectivity index (χ4n) is 4.47. The van der Waals surface area contributed by atoms with E-state index in [1.807, 2.05) is 6.08 Å². The number of hydrogen-bond donors (Lipinski definition) is 2. The highest BCUT2D eigenvalue weighted by molar-refractivity contribution is 5.78. The number of amides is 1. The zero-order chi connectivity index (χ0) is 29.8. The molecule has 1 amide bonds. The Bertz CT molecular complexity index is 663. The molecule has 0 aromatic rings. The molecule has 40 heavy (non-hydrogen) atoms. The lowest BCUT2D eigenvalue weighted by Crippen LogP contribution is -2.46. The van der Waals surface area contributed by atoms with E-state index in [4.69, 9.17) is 9.47 Å². The van der Waals surface area contributed by atoms with E-state index in [1.54, 1.807) is 19.9 Å². The first-order chi connectivity index (χ1) is 19.3. The summed E-state index contributed by atoms with van der Waals surface area (Å²) in [6.45, 7) is 7.75. The average molecular weight is 568 g/mol. The van der Waals surface area contributed by atoms with Gasteiger partial charge in [0.1, 0.15) is 6.61 Å². The predicted molar refractivity (Wildman–Crippen MR) is 163 cm³/mol. The maximum atomic E-state index is 12.5. The third-order valence-corrected chi connectivity index (χ3v) is 6.90. The lowest BCUT2D eigenvalue weighted by molar-refractivity contribution is -0.153. The molecule has 0 fully saturated rings. The molecule has 7 heteroatoms. The molecule has 0 aliphatic rings. The van der Waals surface area contributed by atoms with Crippen molar-refractivity contribution in [3.8, 4) is 0 Å². The van der Waals surface area contributed by atoms with Gasteiger partial charge in [0, 0.05) is 6.42 Å². The number of aliphatic hydroxyl groups excluding tert-OH is 1. The molecule has 0 saturated carbocycles. The zero-order valence-corrected chi connectivity index (χ0v) is 26.2. The molecule has 0 aliphatic carbocycles. The van der Waals surface area contributed by atoms with Crippen LogP contribution in [0, 0.1) is 0 Å². The standard InChI is InChI=1S/C33H61NO6/c1-5-7-9-11-12-13-14-15-16-17-18-20-21-23-30(35)29(34-31(36)24-22-19-10-8-6-2)27-39-32(37)25-26-33(38)40-28(3)4/h21,23,28-30,35H,5-20,22,24-27H2,1-4H3,(H,34,36)/b23-21+/t29-,30+/m0/s1. The first kappa shape index (κ1) is 38.1.